The first kappa shape index (κ1) is 20.5. The lowest BCUT2D eigenvalue weighted by Gasteiger charge is -2.11. The zero-order chi connectivity index (χ0) is 20.3. The second-order valence-corrected chi connectivity index (χ2v) is 7.09. The Kier molecular flexibility index (Phi) is 7.75. The lowest BCUT2D eigenvalue weighted by atomic mass is 10.0. The van der Waals surface area contributed by atoms with Crippen molar-refractivity contribution in [3.63, 3.8) is 0 Å². The van der Waals surface area contributed by atoms with E-state index in [1.54, 1.807) is 13.1 Å². The Hall–Kier alpha value is -3.21. The van der Waals surface area contributed by atoms with Crippen LogP contribution < -0.4 is 5.32 Å². The van der Waals surface area contributed by atoms with Gasteiger partial charge in [-0.2, -0.15) is 0 Å². The molecule has 0 fully saturated rings. The summed E-state index contributed by atoms with van der Waals surface area (Å²) in [6, 6.07) is 20.9. The van der Waals surface area contributed by atoms with Gasteiger partial charge < -0.3 is 10.5 Å². The summed E-state index contributed by atoms with van der Waals surface area (Å²) < 4.78 is 0. The molecular formula is C24H28N4O. The van der Waals surface area contributed by atoms with Crippen LogP contribution in [0.4, 0.5) is 5.95 Å². The molecule has 5 nitrogen and oxygen atoms in total. The summed E-state index contributed by atoms with van der Waals surface area (Å²) in [4.78, 5) is 9.11. The van der Waals surface area contributed by atoms with Crippen LogP contribution in [0.2, 0.25) is 0 Å². The van der Waals surface area contributed by atoms with Crippen molar-refractivity contribution in [2.45, 2.75) is 39.0 Å². The molecular weight excluding hydrogens is 360 g/mol. The van der Waals surface area contributed by atoms with Crippen molar-refractivity contribution >= 4 is 11.7 Å². The topological polar surface area (TPSA) is 70.4 Å². The van der Waals surface area contributed by atoms with Crippen LogP contribution in [0.5, 0.6) is 0 Å². The average Bonchev–Trinajstić information content (AvgIpc) is 2.78. The lowest BCUT2D eigenvalue weighted by molar-refractivity contribution is 0.319. The molecule has 0 aliphatic carbocycles. The van der Waals surface area contributed by atoms with Gasteiger partial charge in [-0.1, -0.05) is 65.8 Å². The average molecular weight is 389 g/mol. The van der Waals surface area contributed by atoms with E-state index in [0.717, 1.165) is 49.9 Å². The molecule has 1 heterocycles. The normalized spacial score (nSPS) is 11.4. The van der Waals surface area contributed by atoms with Gasteiger partial charge in [-0.3, -0.25) is 0 Å². The fraction of sp³-hybridized carbons (Fsp3) is 0.292. The molecule has 2 N–H and O–H groups in total. The van der Waals surface area contributed by atoms with Crippen LogP contribution in [0.25, 0.3) is 0 Å². The third-order valence-electron chi connectivity index (χ3n) is 4.90. The Balaban J connectivity index is 1.58. The Morgan fingerprint density at radius 3 is 2.14 bits per heavy atom. The van der Waals surface area contributed by atoms with E-state index in [2.05, 4.69) is 64.0 Å². The number of anilines is 1. The summed E-state index contributed by atoms with van der Waals surface area (Å²) in [6.45, 7) is 2.58. The Morgan fingerprint density at radius 1 is 0.897 bits per heavy atom. The van der Waals surface area contributed by atoms with Crippen molar-refractivity contribution in [1.82, 2.24) is 9.97 Å². The summed E-state index contributed by atoms with van der Waals surface area (Å²) in [7, 11) is 0. The minimum atomic E-state index is 0.537. The van der Waals surface area contributed by atoms with Gasteiger partial charge in [0.15, 0.2) is 0 Å². The third kappa shape index (κ3) is 6.42. The van der Waals surface area contributed by atoms with Gasteiger partial charge in [0, 0.05) is 18.3 Å². The van der Waals surface area contributed by atoms with Gasteiger partial charge >= 0.3 is 0 Å². The van der Waals surface area contributed by atoms with Gasteiger partial charge in [-0.25, -0.2) is 9.97 Å². The van der Waals surface area contributed by atoms with E-state index in [4.69, 9.17) is 4.98 Å². The zero-order valence-electron chi connectivity index (χ0n) is 16.9. The van der Waals surface area contributed by atoms with E-state index in [9.17, 15) is 5.21 Å². The predicted octanol–water partition coefficient (Wildman–Crippen LogP) is 4.89. The number of rotatable bonds is 10. The first-order valence-electron chi connectivity index (χ1n) is 10.1. The van der Waals surface area contributed by atoms with E-state index in [1.807, 2.05) is 12.1 Å². The van der Waals surface area contributed by atoms with E-state index in [-0.39, 0.29) is 0 Å². The second kappa shape index (κ2) is 11.0. The Labute approximate surface area is 172 Å². The number of hydrogen-bond acceptors (Lipinski definition) is 5. The van der Waals surface area contributed by atoms with Gasteiger partial charge in [0.25, 0.3) is 0 Å². The molecule has 0 radical (unpaired) electrons. The minimum Gasteiger partial charge on any atom is -0.411 e. The van der Waals surface area contributed by atoms with Crippen LogP contribution >= 0.6 is 0 Å². The molecule has 150 valence electrons. The molecule has 0 saturated heterocycles. The summed E-state index contributed by atoms with van der Waals surface area (Å²) in [5, 5.41) is 15.8. The molecule has 0 saturated carbocycles. The van der Waals surface area contributed by atoms with Crippen molar-refractivity contribution in [3.05, 3.63) is 89.2 Å². The predicted molar refractivity (Wildman–Crippen MR) is 118 cm³/mol. The van der Waals surface area contributed by atoms with Crippen LogP contribution in [0.15, 0.2) is 72.0 Å². The number of benzene rings is 2. The summed E-state index contributed by atoms with van der Waals surface area (Å²) in [5.41, 5.74) is 4.90. The van der Waals surface area contributed by atoms with Gasteiger partial charge in [0.05, 0.1) is 11.4 Å². The molecule has 1 aromatic heterocycles. The van der Waals surface area contributed by atoms with Crippen molar-refractivity contribution in [1.29, 1.82) is 0 Å². The van der Waals surface area contributed by atoms with Crippen LogP contribution in [0.1, 0.15) is 42.1 Å². The standard InChI is InChI=1S/C24H28N4O/c1-19(28-29)22-18-26-24(25-17-9-15-21-12-6-3-7-13-21)27-23(22)16-8-14-20-10-4-2-5-11-20/h2-7,10-13,18,29H,8-9,14-17H2,1H3,(H,25,26,27)/b28-19+. The Bertz CT molecular complexity index is 911. The molecule has 0 spiro atoms. The highest BCUT2D eigenvalue weighted by Crippen LogP contribution is 2.14. The molecule has 0 amide bonds. The van der Waals surface area contributed by atoms with Crippen LogP contribution in [0.3, 0.4) is 0 Å². The monoisotopic (exact) mass is 388 g/mol. The minimum absolute atomic E-state index is 0.537. The highest BCUT2D eigenvalue weighted by atomic mass is 16.4. The van der Waals surface area contributed by atoms with E-state index < -0.39 is 0 Å². The maximum Gasteiger partial charge on any atom is 0.222 e. The van der Waals surface area contributed by atoms with E-state index in [0.29, 0.717) is 11.7 Å². The smallest absolute Gasteiger partial charge is 0.222 e. The van der Waals surface area contributed by atoms with Crippen molar-refractivity contribution in [2.24, 2.45) is 5.16 Å². The lowest BCUT2D eigenvalue weighted by Crippen LogP contribution is -2.11. The molecule has 3 aromatic rings. The maximum absolute atomic E-state index is 9.18. The Morgan fingerprint density at radius 2 is 1.52 bits per heavy atom. The zero-order valence-corrected chi connectivity index (χ0v) is 16.9. The number of nitrogens with one attached hydrogen (secondary N) is 1. The van der Waals surface area contributed by atoms with Gasteiger partial charge in [-0.05, 0) is 50.2 Å². The summed E-state index contributed by atoms with van der Waals surface area (Å²) >= 11 is 0. The van der Waals surface area contributed by atoms with Gasteiger partial charge in [0.2, 0.25) is 5.95 Å². The first-order valence-corrected chi connectivity index (χ1v) is 10.1. The molecule has 29 heavy (non-hydrogen) atoms. The van der Waals surface area contributed by atoms with E-state index in [1.165, 1.54) is 11.1 Å². The highest BCUT2D eigenvalue weighted by molar-refractivity contribution is 5.99. The maximum atomic E-state index is 9.18. The van der Waals surface area contributed by atoms with Gasteiger partial charge in [-0.15, -0.1) is 0 Å². The van der Waals surface area contributed by atoms with Crippen LogP contribution in [-0.2, 0) is 19.3 Å². The number of oxime groups is 1. The SMILES string of the molecule is C/C(=N\O)c1cnc(NCCCc2ccccc2)nc1CCCc1ccccc1. The molecule has 0 bridgehead atoms. The molecule has 5 heteroatoms. The number of hydrogen-bond donors (Lipinski definition) is 2. The third-order valence-corrected chi connectivity index (χ3v) is 4.90. The summed E-state index contributed by atoms with van der Waals surface area (Å²) in [5.74, 6) is 0.627. The molecule has 0 aliphatic heterocycles. The van der Waals surface area contributed by atoms with Crippen LogP contribution in [0, 0.1) is 0 Å². The number of aryl methyl sites for hydroxylation is 3. The summed E-state index contributed by atoms with van der Waals surface area (Å²) in [6.07, 6.45) is 6.54. The van der Waals surface area contributed by atoms with E-state index >= 15 is 0 Å². The number of nitrogens with zero attached hydrogens (tertiary/aromatic N) is 3. The molecule has 0 aliphatic rings. The largest absolute Gasteiger partial charge is 0.411 e. The molecule has 2 aromatic carbocycles. The van der Waals surface area contributed by atoms with Crippen molar-refractivity contribution in [3.8, 4) is 0 Å². The van der Waals surface area contributed by atoms with Crippen LogP contribution in [-0.4, -0.2) is 27.4 Å². The first-order chi connectivity index (χ1) is 14.3. The molecule has 3 rings (SSSR count). The fourth-order valence-corrected chi connectivity index (χ4v) is 3.29. The van der Waals surface area contributed by atoms with Crippen molar-refractivity contribution < 1.29 is 5.21 Å². The second-order valence-electron chi connectivity index (χ2n) is 7.09. The van der Waals surface area contributed by atoms with Crippen molar-refractivity contribution in [2.75, 3.05) is 11.9 Å². The quantitative estimate of drug-likeness (QED) is 0.224. The molecule has 0 atom stereocenters. The highest BCUT2D eigenvalue weighted by Gasteiger charge is 2.10. The van der Waals surface area contributed by atoms with Gasteiger partial charge in [0.1, 0.15) is 0 Å². The molecule has 0 unspecified atom stereocenters. The number of aromatic nitrogens is 2. The fourth-order valence-electron chi connectivity index (χ4n) is 3.29.